The molecule has 0 aliphatic heterocycles. The molecule has 1 heteroatoms. The van der Waals surface area contributed by atoms with Gasteiger partial charge in [0.25, 0.3) is 0 Å². The fourth-order valence-electron chi connectivity index (χ4n) is 0.672. The second-order valence-electron chi connectivity index (χ2n) is 2.23. The van der Waals surface area contributed by atoms with Gasteiger partial charge in [0.05, 0.1) is 0 Å². The highest BCUT2D eigenvalue weighted by Gasteiger charge is 1.86. The molecule has 0 aliphatic rings. The van der Waals surface area contributed by atoms with Gasteiger partial charge in [0, 0.05) is 12.3 Å². The maximum absolute atomic E-state index is 5.49. The molecule has 0 nitrogen and oxygen atoms in total. The third kappa shape index (κ3) is 5.72. The predicted octanol–water partition coefficient (Wildman–Crippen LogP) is 2.98. The average Bonchev–Trinajstić information content (AvgIpc) is 1.97. The summed E-state index contributed by atoms with van der Waals surface area (Å²) in [5, 5.41) is 0. The van der Waals surface area contributed by atoms with Gasteiger partial charge in [0.2, 0.25) is 0 Å². The number of alkyl halides is 1. The zero-order valence-electron chi connectivity index (χ0n) is 6.36. The highest BCUT2D eigenvalue weighted by Crippen LogP contribution is 2.04. The van der Waals surface area contributed by atoms with Crippen LogP contribution >= 0.6 is 11.6 Å². The molecular weight excluding hydrogens is 144 g/mol. The molecule has 0 unspecified atom stereocenters. The van der Waals surface area contributed by atoms with Crippen molar-refractivity contribution in [3.63, 3.8) is 0 Å². The van der Waals surface area contributed by atoms with Gasteiger partial charge >= 0.3 is 0 Å². The van der Waals surface area contributed by atoms with Crippen molar-refractivity contribution in [1.82, 2.24) is 0 Å². The summed E-state index contributed by atoms with van der Waals surface area (Å²) >= 11 is 5.49. The first kappa shape index (κ1) is 9.59. The summed E-state index contributed by atoms with van der Waals surface area (Å²) in [6, 6.07) is 0. The van der Waals surface area contributed by atoms with Crippen molar-refractivity contribution in [3.8, 4) is 12.3 Å². The lowest BCUT2D eigenvalue weighted by Gasteiger charge is -1.94. The van der Waals surface area contributed by atoms with Gasteiger partial charge in [-0.1, -0.05) is 11.6 Å². The van der Waals surface area contributed by atoms with Gasteiger partial charge in [0.1, 0.15) is 0 Å². The van der Waals surface area contributed by atoms with Crippen molar-refractivity contribution in [3.05, 3.63) is 11.6 Å². The third-order valence-corrected chi connectivity index (χ3v) is 1.48. The summed E-state index contributed by atoms with van der Waals surface area (Å²) < 4.78 is 0. The Bertz CT molecular complexity index is 139. The molecule has 0 radical (unpaired) electrons. The van der Waals surface area contributed by atoms with E-state index in [2.05, 4.69) is 18.9 Å². The van der Waals surface area contributed by atoms with Crippen molar-refractivity contribution in [2.24, 2.45) is 0 Å². The number of hydrogen-bond acceptors (Lipinski definition) is 0. The Kier molecular flexibility index (Phi) is 6.43. The molecule has 0 aromatic heterocycles. The van der Waals surface area contributed by atoms with Crippen LogP contribution in [0, 0.1) is 12.3 Å². The van der Waals surface area contributed by atoms with E-state index < -0.39 is 0 Å². The fraction of sp³-hybridized carbons (Fsp3) is 0.556. The molecule has 0 fully saturated rings. The topological polar surface area (TPSA) is 0 Å². The molecule has 0 saturated heterocycles. The van der Waals surface area contributed by atoms with E-state index in [1.165, 1.54) is 5.57 Å². The number of halogens is 1. The molecule has 0 amide bonds. The first-order valence-corrected chi connectivity index (χ1v) is 3.99. The van der Waals surface area contributed by atoms with E-state index in [1.807, 2.05) is 0 Å². The average molecular weight is 157 g/mol. The van der Waals surface area contributed by atoms with Gasteiger partial charge in [-0.15, -0.1) is 23.9 Å². The number of hydrogen-bond donors (Lipinski definition) is 0. The van der Waals surface area contributed by atoms with Gasteiger partial charge in [-0.3, -0.25) is 0 Å². The van der Waals surface area contributed by atoms with Gasteiger partial charge in [-0.2, -0.15) is 0 Å². The Hall–Kier alpha value is -0.410. The second-order valence-corrected chi connectivity index (χ2v) is 2.61. The van der Waals surface area contributed by atoms with Crippen molar-refractivity contribution in [2.45, 2.75) is 26.2 Å². The largest absolute Gasteiger partial charge is 0.126 e. The van der Waals surface area contributed by atoms with E-state index in [0.717, 1.165) is 19.3 Å². The van der Waals surface area contributed by atoms with Crippen LogP contribution in [0.1, 0.15) is 26.2 Å². The lowest BCUT2D eigenvalue weighted by Crippen LogP contribution is -1.77. The zero-order valence-corrected chi connectivity index (χ0v) is 7.12. The van der Waals surface area contributed by atoms with Crippen LogP contribution in [0.3, 0.4) is 0 Å². The first-order chi connectivity index (χ1) is 4.81. The van der Waals surface area contributed by atoms with Crippen molar-refractivity contribution < 1.29 is 0 Å². The molecule has 0 atom stereocenters. The lowest BCUT2D eigenvalue weighted by molar-refractivity contribution is 0.983. The Balaban J connectivity index is 3.41. The highest BCUT2D eigenvalue weighted by molar-refractivity contribution is 6.17. The van der Waals surface area contributed by atoms with Crippen molar-refractivity contribution in [2.75, 3.05) is 5.88 Å². The van der Waals surface area contributed by atoms with Crippen molar-refractivity contribution in [1.29, 1.82) is 0 Å². The number of allylic oxidation sites excluding steroid dienone is 2. The standard InChI is InChI=1S/C9H13Cl/c1-3-4-6-9(2)7-5-8-10/h1,7H,4-6,8H2,2H3. The maximum Gasteiger partial charge on any atom is 0.0258 e. The van der Waals surface area contributed by atoms with Gasteiger partial charge in [-0.05, 0) is 19.8 Å². The molecule has 0 N–H and O–H groups in total. The summed E-state index contributed by atoms with van der Waals surface area (Å²) in [4.78, 5) is 0. The van der Waals surface area contributed by atoms with Crippen LogP contribution in [0.5, 0.6) is 0 Å². The number of rotatable bonds is 4. The van der Waals surface area contributed by atoms with Crippen LogP contribution in [-0.2, 0) is 0 Å². The summed E-state index contributed by atoms with van der Waals surface area (Å²) in [5.74, 6) is 3.30. The normalized spacial score (nSPS) is 11.1. The fourth-order valence-corrected chi connectivity index (χ4v) is 0.781. The van der Waals surface area contributed by atoms with Crippen LogP contribution < -0.4 is 0 Å². The molecule has 0 aliphatic carbocycles. The molecule has 0 rings (SSSR count). The molecule has 0 aromatic rings. The summed E-state index contributed by atoms with van der Waals surface area (Å²) in [6.45, 7) is 2.09. The molecule has 10 heavy (non-hydrogen) atoms. The van der Waals surface area contributed by atoms with Crippen LogP contribution in [0.2, 0.25) is 0 Å². The third-order valence-electron chi connectivity index (χ3n) is 1.27. The first-order valence-electron chi connectivity index (χ1n) is 3.46. The summed E-state index contributed by atoms with van der Waals surface area (Å²) in [6.07, 6.45) is 10.0. The zero-order chi connectivity index (χ0) is 7.82. The second kappa shape index (κ2) is 6.71. The maximum atomic E-state index is 5.49. The monoisotopic (exact) mass is 156 g/mol. The van der Waals surface area contributed by atoms with E-state index in [4.69, 9.17) is 18.0 Å². The van der Waals surface area contributed by atoms with E-state index in [1.54, 1.807) is 0 Å². The molecule has 0 spiro atoms. The van der Waals surface area contributed by atoms with Crippen LogP contribution in [0.15, 0.2) is 11.6 Å². The van der Waals surface area contributed by atoms with E-state index in [0.29, 0.717) is 5.88 Å². The van der Waals surface area contributed by atoms with Gasteiger partial charge in [-0.25, -0.2) is 0 Å². The van der Waals surface area contributed by atoms with E-state index in [9.17, 15) is 0 Å². The number of terminal acetylenes is 1. The molecule has 0 aromatic carbocycles. The van der Waals surface area contributed by atoms with E-state index in [-0.39, 0.29) is 0 Å². The summed E-state index contributed by atoms with van der Waals surface area (Å²) in [7, 11) is 0. The Morgan fingerprint density at radius 3 is 2.90 bits per heavy atom. The lowest BCUT2D eigenvalue weighted by atomic mass is 10.1. The molecule has 0 heterocycles. The van der Waals surface area contributed by atoms with Gasteiger partial charge < -0.3 is 0 Å². The predicted molar refractivity (Wildman–Crippen MR) is 47.2 cm³/mol. The van der Waals surface area contributed by atoms with Crippen molar-refractivity contribution >= 4 is 11.6 Å². The summed E-state index contributed by atoms with van der Waals surface area (Å²) in [5.41, 5.74) is 1.35. The molecule has 56 valence electrons. The smallest absolute Gasteiger partial charge is 0.0258 e. The Morgan fingerprint density at radius 2 is 2.40 bits per heavy atom. The van der Waals surface area contributed by atoms with Crippen LogP contribution in [0.4, 0.5) is 0 Å². The van der Waals surface area contributed by atoms with E-state index >= 15 is 0 Å². The Labute approximate surface area is 68.3 Å². The quantitative estimate of drug-likeness (QED) is 0.334. The highest BCUT2D eigenvalue weighted by atomic mass is 35.5. The van der Waals surface area contributed by atoms with Gasteiger partial charge in [0.15, 0.2) is 0 Å². The minimum absolute atomic E-state index is 0.702. The molecule has 0 saturated carbocycles. The Morgan fingerprint density at radius 1 is 1.70 bits per heavy atom. The molecular formula is C9H13Cl. The van der Waals surface area contributed by atoms with Crippen LogP contribution in [0.25, 0.3) is 0 Å². The minimum Gasteiger partial charge on any atom is -0.126 e. The SMILES string of the molecule is C#CCCC(C)=CCCCl. The minimum atomic E-state index is 0.702. The van der Waals surface area contributed by atoms with Crippen LogP contribution in [-0.4, -0.2) is 5.88 Å². The molecule has 0 bridgehead atoms.